The lowest BCUT2D eigenvalue weighted by Crippen LogP contribution is -2.51. The van der Waals surface area contributed by atoms with Gasteiger partial charge >= 0.3 is 6.03 Å². The van der Waals surface area contributed by atoms with Crippen LogP contribution in [0.1, 0.15) is 61.6 Å². The van der Waals surface area contributed by atoms with Crippen molar-refractivity contribution in [3.05, 3.63) is 45.3 Å². The standard InChI is InChI=1S/C33H41ClN6O3S/c1-2-23-17-22(19-28(34)30(23)35)18-25(32(42)39-14-5-26(6-15-39)37-10-3-4-11-37)20-29(41)38-12-7-27(8-13-38)40-21-24-9-16-44-31(24)36-33(40)43/h1,9,16-17,19,25-27H,3-8,10-15,18,20-21,35H2,(H,36,43)/t25-/m0/s1. The molecule has 4 aliphatic rings. The van der Waals surface area contributed by atoms with E-state index in [9.17, 15) is 14.4 Å². The number of hydrogen-bond acceptors (Lipinski definition) is 6. The van der Waals surface area contributed by atoms with Crippen LogP contribution in [-0.2, 0) is 22.6 Å². The van der Waals surface area contributed by atoms with Gasteiger partial charge in [-0.25, -0.2) is 4.79 Å². The third kappa shape index (κ3) is 6.56. The monoisotopic (exact) mass is 636 g/mol. The molecular formula is C33H41ClN6O3S. The number of anilines is 2. The van der Waals surface area contributed by atoms with Crippen molar-refractivity contribution in [1.82, 2.24) is 19.6 Å². The van der Waals surface area contributed by atoms with Crippen molar-refractivity contribution in [2.75, 3.05) is 50.3 Å². The maximum atomic E-state index is 14.0. The molecule has 3 saturated heterocycles. The van der Waals surface area contributed by atoms with E-state index < -0.39 is 5.92 Å². The predicted molar refractivity (Wildman–Crippen MR) is 175 cm³/mol. The lowest BCUT2D eigenvalue weighted by Gasteiger charge is -2.40. The molecule has 4 amide bonds. The predicted octanol–water partition coefficient (Wildman–Crippen LogP) is 4.64. The van der Waals surface area contributed by atoms with Gasteiger partial charge in [-0.2, -0.15) is 0 Å². The number of carbonyl (C=O) groups is 3. The molecule has 3 N–H and O–H groups in total. The van der Waals surface area contributed by atoms with Crippen molar-refractivity contribution < 1.29 is 14.4 Å². The number of rotatable bonds is 7. The van der Waals surface area contributed by atoms with Crippen molar-refractivity contribution in [3.8, 4) is 12.3 Å². The summed E-state index contributed by atoms with van der Waals surface area (Å²) in [6.45, 7) is 5.42. The molecule has 1 aromatic heterocycles. The molecule has 234 valence electrons. The van der Waals surface area contributed by atoms with Gasteiger partial charge in [0.25, 0.3) is 0 Å². The average molecular weight is 637 g/mol. The van der Waals surface area contributed by atoms with E-state index in [4.69, 9.17) is 23.8 Å². The van der Waals surface area contributed by atoms with Gasteiger partial charge in [0.2, 0.25) is 11.8 Å². The van der Waals surface area contributed by atoms with E-state index in [1.54, 1.807) is 23.5 Å². The number of terminal acetylenes is 1. The number of nitrogen functional groups attached to an aromatic ring is 1. The number of thiophene rings is 1. The molecule has 0 unspecified atom stereocenters. The van der Waals surface area contributed by atoms with E-state index >= 15 is 0 Å². The van der Waals surface area contributed by atoms with Crippen molar-refractivity contribution in [1.29, 1.82) is 0 Å². The second kappa shape index (κ2) is 13.4. The SMILES string of the molecule is C#Cc1cc(C[C@@H](CC(=O)N2CCC(N3Cc4ccsc4NC3=O)CC2)C(=O)N2CCC(N3CCCC3)CC2)cc(Cl)c1N. The average Bonchev–Trinajstić information content (AvgIpc) is 3.74. The van der Waals surface area contributed by atoms with Gasteiger partial charge < -0.3 is 25.3 Å². The van der Waals surface area contributed by atoms with Gasteiger partial charge in [-0.1, -0.05) is 17.5 Å². The Kier molecular flexibility index (Phi) is 9.36. The first-order chi connectivity index (χ1) is 21.3. The van der Waals surface area contributed by atoms with Crippen LogP contribution in [0, 0.1) is 18.3 Å². The smallest absolute Gasteiger partial charge is 0.323 e. The lowest BCUT2D eigenvalue weighted by molar-refractivity contribution is -0.143. The van der Waals surface area contributed by atoms with Gasteiger partial charge in [0, 0.05) is 55.8 Å². The Hall–Kier alpha value is -3.26. The highest BCUT2D eigenvalue weighted by Gasteiger charge is 2.36. The fraction of sp³-hybridized carbons (Fsp3) is 0.545. The maximum absolute atomic E-state index is 14.0. The Labute approximate surface area is 268 Å². The minimum Gasteiger partial charge on any atom is -0.397 e. The lowest BCUT2D eigenvalue weighted by atomic mass is 9.91. The van der Waals surface area contributed by atoms with Crippen LogP contribution in [0.4, 0.5) is 15.5 Å². The molecule has 9 nitrogen and oxygen atoms in total. The number of carbonyl (C=O) groups excluding carboxylic acids is 3. The summed E-state index contributed by atoms with van der Waals surface area (Å²) in [5, 5.41) is 6.28. The molecular weight excluding hydrogens is 596 g/mol. The van der Waals surface area contributed by atoms with E-state index in [0.29, 0.717) is 74.3 Å². The summed E-state index contributed by atoms with van der Waals surface area (Å²) in [5.41, 5.74) is 8.84. The van der Waals surface area contributed by atoms with Crippen LogP contribution in [0.15, 0.2) is 23.6 Å². The molecule has 4 aliphatic heterocycles. The summed E-state index contributed by atoms with van der Waals surface area (Å²) in [5.74, 6) is 2.04. The molecule has 1 atom stereocenters. The van der Waals surface area contributed by atoms with E-state index in [2.05, 4.69) is 22.2 Å². The first-order valence-electron chi connectivity index (χ1n) is 15.8. The van der Waals surface area contributed by atoms with Crippen LogP contribution in [0.5, 0.6) is 0 Å². The number of piperidine rings is 2. The summed E-state index contributed by atoms with van der Waals surface area (Å²) in [4.78, 5) is 48.8. The van der Waals surface area contributed by atoms with Crippen LogP contribution in [0.3, 0.4) is 0 Å². The number of amides is 4. The normalized spacial score (nSPS) is 20.7. The van der Waals surface area contributed by atoms with Crippen LogP contribution in [0.25, 0.3) is 0 Å². The van der Waals surface area contributed by atoms with Gasteiger partial charge in [-0.3, -0.25) is 14.9 Å². The minimum atomic E-state index is -0.529. The second-order valence-electron chi connectivity index (χ2n) is 12.5. The third-order valence-electron chi connectivity index (χ3n) is 9.86. The highest BCUT2D eigenvalue weighted by molar-refractivity contribution is 7.14. The van der Waals surface area contributed by atoms with Gasteiger partial charge in [0.1, 0.15) is 5.00 Å². The summed E-state index contributed by atoms with van der Waals surface area (Å²) in [7, 11) is 0. The second-order valence-corrected chi connectivity index (χ2v) is 13.9. The Bertz CT molecular complexity index is 1430. The Morgan fingerprint density at radius 2 is 1.73 bits per heavy atom. The minimum absolute atomic E-state index is 0.0138. The first-order valence-corrected chi connectivity index (χ1v) is 17.1. The molecule has 44 heavy (non-hydrogen) atoms. The summed E-state index contributed by atoms with van der Waals surface area (Å²) in [6.07, 6.45) is 12.0. The topological polar surface area (TPSA) is 102 Å². The number of nitrogens with two attached hydrogens (primary N) is 1. The number of hydrogen-bond donors (Lipinski definition) is 2. The number of halogens is 1. The van der Waals surface area contributed by atoms with Gasteiger partial charge in [-0.05, 0) is 87.2 Å². The first kappa shape index (κ1) is 30.8. The van der Waals surface area contributed by atoms with Gasteiger partial charge in [0.05, 0.1) is 23.2 Å². The molecule has 0 radical (unpaired) electrons. The van der Waals surface area contributed by atoms with E-state index in [1.807, 2.05) is 20.1 Å². The molecule has 1 aromatic carbocycles. The molecule has 0 saturated carbocycles. The number of fused-ring (bicyclic) bond motifs is 1. The molecule has 6 rings (SSSR count). The zero-order valence-corrected chi connectivity index (χ0v) is 26.7. The van der Waals surface area contributed by atoms with Crippen molar-refractivity contribution in [3.63, 3.8) is 0 Å². The van der Waals surface area contributed by atoms with E-state index in [1.165, 1.54) is 12.8 Å². The van der Waals surface area contributed by atoms with Gasteiger partial charge in [0.15, 0.2) is 0 Å². The summed E-state index contributed by atoms with van der Waals surface area (Å²) < 4.78 is 0. The number of likely N-dealkylation sites (tertiary alicyclic amines) is 3. The maximum Gasteiger partial charge on any atom is 0.323 e. The van der Waals surface area contributed by atoms with Crippen molar-refractivity contribution in [2.24, 2.45) is 5.92 Å². The zero-order valence-electron chi connectivity index (χ0n) is 25.1. The number of nitrogens with zero attached hydrogens (tertiary/aromatic N) is 4. The molecule has 0 aliphatic carbocycles. The van der Waals surface area contributed by atoms with Crippen molar-refractivity contribution >= 4 is 51.5 Å². The van der Waals surface area contributed by atoms with Crippen LogP contribution < -0.4 is 11.1 Å². The Morgan fingerprint density at radius 1 is 1.05 bits per heavy atom. The summed E-state index contributed by atoms with van der Waals surface area (Å²) in [6, 6.07) is 6.15. The molecule has 3 fully saturated rings. The molecule has 2 aromatic rings. The van der Waals surface area contributed by atoms with E-state index in [-0.39, 0.29) is 30.3 Å². The molecule has 5 heterocycles. The fourth-order valence-corrected chi connectivity index (χ4v) is 8.36. The largest absolute Gasteiger partial charge is 0.397 e. The Morgan fingerprint density at radius 3 is 2.43 bits per heavy atom. The highest BCUT2D eigenvalue weighted by atomic mass is 35.5. The van der Waals surface area contributed by atoms with Crippen molar-refractivity contribution in [2.45, 2.75) is 70.0 Å². The quantitative estimate of drug-likeness (QED) is 0.341. The van der Waals surface area contributed by atoms with Gasteiger partial charge in [-0.15, -0.1) is 17.8 Å². The Balaban J connectivity index is 1.11. The number of nitrogens with one attached hydrogen (secondary N) is 1. The fourth-order valence-electron chi connectivity index (χ4n) is 7.31. The molecule has 11 heteroatoms. The summed E-state index contributed by atoms with van der Waals surface area (Å²) >= 11 is 7.94. The number of urea groups is 1. The number of benzene rings is 1. The van der Waals surface area contributed by atoms with Crippen LogP contribution in [0.2, 0.25) is 5.02 Å². The van der Waals surface area contributed by atoms with Crippen LogP contribution >= 0.6 is 22.9 Å². The van der Waals surface area contributed by atoms with Crippen LogP contribution in [-0.4, -0.2) is 88.8 Å². The highest BCUT2D eigenvalue weighted by Crippen LogP contribution is 2.33. The molecule has 0 spiro atoms. The third-order valence-corrected chi connectivity index (χ3v) is 11.0. The molecule has 0 bridgehead atoms. The van der Waals surface area contributed by atoms with E-state index in [0.717, 1.165) is 42.1 Å². The zero-order chi connectivity index (χ0) is 30.8.